The number of hydrogen-bond acceptors (Lipinski definition) is 4. The molecule has 0 radical (unpaired) electrons. The van der Waals surface area contributed by atoms with E-state index in [1.54, 1.807) is 13.0 Å². The largest absolute Gasteiger partial charge is 0.320 e. The van der Waals surface area contributed by atoms with Gasteiger partial charge in [0, 0.05) is 10.8 Å². The van der Waals surface area contributed by atoms with E-state index in [2.05, 4.69) is 0 Å². The lowest BCUT2D eigenvalue weighted by molar-refractivity contribution is 0.502. The summed E-state index contributed by atoms with van der Waals surface area (Å²) in [7, 11) is -3.78. The molecule has 0 aliphatic carbocycles. The lowest BCUT2D eigenvalue weighted by Gasteiger charge is -1.99. The highest BCUT2D eigenvalue weighted by Crippen LogP contribution is 2.18. The van der Waals surface area contributed by atoms with Crippen LogP contribution in [0.25, 0.3) is 0 Å². The van der Waals surface area contributed by atoms with E-state index < -0.39 is 14.4 Å². The zero-order valence-corrected chi connectivity index (χ0v) is 6.94. The summed E-state index contributed by atoms with van der Waals surface area (Å²) >= 11 is 0. The number of rotatable bonds is 3. The Hall–Kier alpha value is -0.250. The molecule has 0 fully saturated rings. The Morgan fingerprint density at radius 2 is 2.30 bits per heavy atom. The molecule has 1 N–H and O–H groups in total. The molecule has 0 saturated heterocycles. The zero-order chi connectivity index (χ0) is 8.20. The third-order valence-corrected chi connectivity index (χ3v) is 3.09. The Balaban J connectivity index is 4.04. The van der Waals surface area contributed by atoms with Crippen molar-refractivity contribution < 1.29 is 13.0 Å². The summed E-state index contributed by atoms with van der Waals surface area (Å²) in [6, 6.07) is 1.73. The molecule has 0 aliphatic heterocycles. The van der Waals surface area contributed by atoms with Crippen molar-refractivity contribution in [3.63, 3.8) is 0 Å². The topological polar surface area (TPSA) is 78.2 Å². The van der Waals surface area contributed by atoms with E-state index in [1.807, 2.05) is 0 Å². The summed E-state index contributed by atoms with van der Waals surface area (Å²) in [5.74, 6) is 0. The second kappa shape index (κ2) is 3.81. The van der Waals surface area contributed by atoms with Crippen LogP contribution in [-0.4, -0.2) is 18.2 Å². The Labute approximate surface area is 63.4 Å². The van der Waals surface area contributed by atoms with Crippen LogP contribution in [0, 0.1) is 11.3 Å². The van der Waals surface area contributed by atoms with Crippen LogP contribution < -0.4 is 0 Å². The van der Waals surface area contributed by atoms with Crippen LogP contribution in [0.2, 0.25) is 0 Å². The van der Waals surface area contributed by atoms with Gasteiger partial charge in [0.15, 0.2) is 0 Å². The number of nitrogens with zero attached hydrogens (tertiary/aromatic N) is 1. The van der Waals surface area contributed by atoms with Gasteiger partial charge in [-0.1, -0.05) is 6.92 Å². The molecule has 10 heavy (non-hydrogen) atoms. The van der Waals surface area contributed by atoms with Crippen LogP contribution in [0.3, 0.4) is 0 Å². The zero-order valence-electron chi connectivity index (χ0n) is 5.31. The molecule has 6 heteroatoms. The lowest BCUT2D eigenvalue weighted by Crippen LogP contribution is -2.01. The van der Waals surface area contributed by atoms with Gasteiger partial charge in [0.1, 0.15) is 5.25 Å². The third kappa shape index (κ3) is 4.61. The molecule has 0 saturated carbocycles. The van der Waals surface area contributed by atoms with Gasteiger partial charge in [-0.25, -0.2) is 0 Å². The van der Waals surface area contributed by atoms with Crippen LogP contribution in [0.5, 0.6) is 0 Å². The molecule has 0 aliphatic rings. The molecule has 0 bridgehead atoms. The summed E-state index contributed by atoms with van der Waals surface area (Å²) in [6.07, 6.45) is 0.404. The van der Waals surface area contributed by atoms with E-state index in [4.69, 9.17) is 9.81 Å². The Morgan fingerprint density at radius 3 is 2.40 bits per heavy atom. The first-order valence-electron chi connectivity index (χ1n) is 2.55. The summed E-state index contributed by atoms with van der Waals surface area (Å²) in [4.78, 5) is 0. The van der Waals surface area contributed by atoms with E-state index in [0.717, 1.165) is 0 Å². The van der Waals surface area contributed by atoms with E-state index in [9.17, 15) is 8.42 Å². The normalized spacial score (nSPS) is 14.1. The van der Waals surface area contributed by atoms with E-state index in [0.29, 0.717) is 6.42 Å². The van der Waals surface area contributed by atoms with Crippen molar-refractivity contribution in [2.45, 2.75) is 18.6 Å². The fourth-order valence-electron chi connectivity index (χ4n) is 0.328. The molecule has 0 heterocycles. The highest BCUT2D eigenvalue weighted by atomic mass is 33.1. The average molecular weight is 181 g/mol. The van der Waals surface area contributed by atoms with Crippen molar-refractivity contribution in [2.24, 2.45) is 0 Å². The predicted molar refractivity (Wildman–Crippen MR) is 38.8 cm³/mol. The Kier molecular flexibility index (Phi) is 3.71. The van der Waals surface area contributed by atoms with Gasteiger partial charge in [0.2, 0.25) is 0 Å². The van der Waals surface area contributed by atoms with Gasteiger partial charge < -0.3 is 0 Å². The molecular formula is C4H7NO3S2. The second-order valence-corrected chi connectivity index (χ2v) is 5.01. The average Bonchev–Trinajstić information content (AvgIpc) is 1.81. The standard InChI is InChI=1S/C4H7NO3S2/c1-2-4(3-5)9-10(6,7)8/h4H,2H2,1H3,(H,6,7,8)/t4-/m0/s1. The molecular weight excluding hydrogens is 174 g/mol. The molecule has 0 aromatic rings. The van der Waals surface area contributed by atoms with Gasteiger partial charge in [0.25, 0.3) is 0 Å². The van der Waals surface area contributed by atoms with E-state index >= 15 is 0 Å². The van der Waals surface area contributed by atoms with Crippen LogP contribution in [0.4, 0.5) is 0 Å². The highest BCUT2D eigenvalue weighted by Gasteiger charge is 2.14. The van der Waals surface area contributed by atoms with Crippen molar-refractivity contribution in [1.29, 1.82) is 5.26 Å². The van der Waals surface area contributed by atoms with Crippen LogP contribution in [0.1, 0.15) is 13.3 Å². The maximum Gasteiger partial charge on any atom is 0.320 e. The third-order valence-electron chi connectivity index (χ3n) is 0.753. The van der Waals surface area contributed by atoms with Crippen molar-refractivity contribution >= 4 is 19.9 Å². The minimum absolute atomic E-state index is 0.269. The fourth-order valence-corrected chi connectivity index (χ4v) is 2.22. The van der Waals surface area contributed by atoms with Crippen molar-refractivity contribution in [2.75, 3.05) is 0 Å². The molecule has 1 atom stereocenters. The first kappa shape index (κ1) is 9.75. The molecule has 0 aromatic carbocycles. The fraction of sp³-hybridized carbons (Fsp3) is 0.750. The van der Waals surface area contributed by atoms with Gasteiger partial charge in [-0.2, -0.15) is 13.7 Å². The van der Waals surface area contributed by atoms with Crippen LogP contribution in [-0.2, 0) is 9.15 Å². The van der Waals surface area contributed by atoms with E-state index in [1.165, 1.54) is 0 Å². The van der Waals surface area contributed by atoms with Gasteiger partial charge >= 0.3 is 9.15 Å². The smallest absolute Gasteiger partial charge is 0.277 e. The van der Waals surface area contributed by atoms with Crippen molar-refractivity contribution in [1.82, 2.24) is 0 Å². The summed E-state index contributed by atoms with van der Waals surface area (Å²) in [5, 5.41) is 7.57. The predicted octanol–water partition coefficient (Wildman–Crippen LogP) is 0.825. The minimum Gasteiger partial charge on any atom is -0.277 e. The first-order valence-corrected chi connectivity index (χ1v) is 5.38. The van der Waals surface area contributed by atoms with Crippen LogP contribution in [0.15, 0.2) is 0 Å². The van der Waals surface area contributed by atoms with Gasteiger partial charge in [0.05, 0.1) is 6.07 Å². The monoisotopic (exact) mass is 181 g/mol. The molecule has 58 valence electrons. The number of hydrogen-bond donors (Lipinski definition) is 1. The molecule has 0 rings (SSSR count). The van der Waals surface area contributed by atoms with Crippen LogP contribution >= 0.6 is 10.8 Å². The quantitative estimate of drug-likeness (QED) is 0.515. The SMILES string of the molecule is CC[C@@H](C#N)SS(=O)(=O)O. The molecule has 0 amide bonds. The highest BCUT2D eigenvalue weighted by molar-refractivity contribution is 8.70. The lowest BCUT2D eigenvalue weighted by atomic mass is 10.4. The molecule has 0 spiro atoms. The first-order chi connectivity index (χ1) is 4.49. The van der Waals surface area contributed by atoms with Gasteiger partial charge in [-0.05, 0) is 6.42 Å². The molecule has 4 nitrogen and oxygen atoms in total. The maximum absolute atomic E-state index is 10.1. The van der Waals surface area contributed by atoms with Crippen molar-refractivity contribution in [3.8, 4) is 6.07 Å². The molecule has 0 unspecified atom stereocenters. The summed E-state index contributed by atoms with van der Waals surface area (Å²) < 4.78 is 28.5. The summed E-state index contributed by atoms with van der Waals surface area (Å²) in [6.45, 7) is 1.67. The molecule has 0 aromatic heterocycles. The second-order valence-electron chi connectivity index (χ2n) is 1.55. The Morgan fingerprint density at radius 1 is 1.80 bits per heavy atom. The van der Waals surface area contributed by atoms with Gasteiger partial charge in [-0.3, -0.25) is 4.55 Å². The minimum atomic E-state index is -4.05. The van der Waals surface area contributed by atoms with Gasteiger partial charge in [-0.15, -0.1) is 0 Å². The van der Waals surface area contributed by atoms with Crippen molar-refractivity contribution in [3.05, 3.63) is 0 Å². The number of nitriles is 1. The maximum atomic E-state index is 10.1. The Bertz CT molecular complexity index is 227. The van der Waals surface area contributed by atoms with E-state index in [-0.39, 0.29) is 10.8 Å². The summed E-state index contributed by atoms with van der Waals surface area (Å²) in [5.41, 5.74) is 0.